The van der Waals surface area contributed by atoms with Crippen LogP contribution in [0.3, 0.4) is 0 Å². The van der Waals surface area contributed by atoms with Crippen LogP contribution in [0.1, 0.15) is 52.6 Å². The van der Waals surface area contributed by atoms with Crippen molar-refractivity contribution in [1.29, 1.82) is 0 Å². The number of rotatable bonds is 4. The van der Waals surface area contributed by atoms with Gasteiger partial charge in [0.05, 0.1) is 28.6 Å². The second-order valence-electron chi connectivity index (χ2n) is 8.08. The Balaban J connectivity index is 1.83. The number of halogens is 1. The van der Waals surface area contributed by atoms with Crippen LogP contribution in [0.5, 0.6) is 0 Å². The van der Waals surface area contributed by atoms with Crippen LogP contribution in [-0.4, -0.2) is 46.6 Å². The van der Waals surface area contributed by atoms with Gasteiger partial charge in [-0.15, -0.1) is 0 Å². The van der Waals surface area contributed by atoms with E-state index in [2.05, 4.69) is 10.1 Å². The topological polar surface area (TPSA) is 75.4 Å². The first-order valence-corrected chi connectivity index (χ1v) is 10.4. The van der Waals surface area contributed by atoms with Crippen LogP contribution >= 0.6 is 0 Å². The highest BCUT2D eigenvalue weighted by Crippen LogP contribution is 2.38. The standard InChI is InChI=1S/C23H26FN5O2/c1-14-15(2)27-31-21(14)17-13-25-23(28(3)4)26-20(17)19-11-7-8-12-29(19)22(30)16-9-5-6-10-18(16)24/h5-6,9-10,13,19H,7-8,11-12H2,1-4H3/t19-/m1/s1. The van der Waals surface area contributed by atoms with Crippen molar-refractivity contribution in [3.8, 4) is 11.3 Å². The summed E-state index contributed by atoms with van der Waals surface area (Å²) < 4.78 is 20.0. The zero-order valence-electron chi connectivity index (χ0n) is 18.2. The second kappa shape index (κ2) is 8.45. The van der Waals surface area contributed by atoms with Gasteiger partial charge in [0.15, 0.2) is 5.76 Å². The Hall–Kier alpha value is -3.29. The van der Waals surface area contributed by atoms with Crippen molar-refractivity contribution in [2.45, 2.75) is 39.2 Å². The van der Waals surface area contributed by atoms with Crippen LogP contribution in [0.2, 0.25) is 0 Å². The summed E-state index contributed by atoms with van der Waals surface area (Å²) in [6.45, 7) is 4.35. The number of piperidine rings is 1. The molecule has 2 aromatic heterocycles. The molecule has 0 aliphatic carbocycles. The molecule has 3 heterocycles. The lowest BCUT2D eigenvalue weighted by Gasteiger charge is -2.36. The highest BCUT2D eigenvalue weighted by Gasteiger charge is 2.34. The van der Waals surface area contributed by atoms with Crippen molar-refractivity contribution in [3.63, 3.8) is 0 Å². The number of aromatic nitrogens is 3. The van der Waals surface area contributed by atoms with E-state index in [-0.39, 0.29) is 17.5 Å². The first-order chi connectivity index (χ1) is 14.9. The average molecular weight is 423 g/mol. The average Bonchev–Trinajstić information content (AvgIpc) is 3.11. The molecule has 1 saturated heterocycles. The Morgan fingerprint density at radius 3 is 2.68 bits per heavy atom. The molecule has 4 rings (SSSR count). The maximum absolute atomic E-state index is 14.4. The Kier molecular flexibility index (Phi) is 5.71. The van der Waals surface area contributed by atoms with E-state index >= 15 is 0 Å². The molecule has 0 N–H and O–H groups in total. The van der Waals surface area contributed by atoms with Crippen molar-refractivity contribution in [2.24, 2.45) is 0 Å². The molecular weight excluding hydrogens is 397 g/mol. The first kappa shape index (κ1) is 21.0. The summed E-state index contributed by atoms with van der Waals surface area (Å²) in [5.74, 6) is 0.290. The smallest absolute Gasteiger partial charge is 0.257 e. The van der Waals surface area contributed by atoms with Crippen molar-refractivity contribution >= 4 is 11.9 Å². The minimum atomic E-state index is -0.518. The van der Waals surface area contributed by atoms with Gasteiger partial charge in [-0.25, -0.2) is 14.4 Å². The molecule has 162 valence electrons. The summed E-state index contributed by atoms with van der Waals surface area (Å²) in [6, 6.07) is 5.78. The van der Waals surface area contributed by atoms with E-state index in [1.807, 2.05) is 32.8 Å². The van der Waals surface area contributed by atoms with E-state index in [1.165, 1.54) is 12.1 Å². The summed E-state index contributed by atoms with van der Waals surface area (Å²) >= 11 is 0. The van der Waals surface area contributed by atoms with E-state index < -0.39 is 5.82 Å². The predicted octanol–water partition coefficient (Wildman–Crippen LogP) is 4.32. The molecular formula is C23H26FN5O2. The summed E-state index contributed by atoms with van der Waals surface area (Å²) in [6.07, 6.45) is 4.26. The fourth-order valence-corrected chi connectivity index (χ4v) is 3.94. The van der Waals surface area contributed by atoms with Crippen LogP contribution in [0.25, 0.3) is 11.3 Å². The Bertz CT molecular complexity index is 1110. The molecule has 0 radical (unpaired) electrons. The number of hydrogen-bond donors (Lipinski definition) is 0. The number of carbonyl (C=O) groups excluding carboxylic acids is 1. The van der Waals surface area contributed by atoms with Crippen LogP contribution in [0.15, 0.2) is 35.0 Å². The maximum Gasteiger partial charge on any atom is 0.257 e. The van der Waals surface area contributed by atoms with E-state index in [4.69, 9.17) is 9.51 Å². The molecule has 1 atom stereocenters. The van der Waals surface area contributed by atoms with Gasteiger partial charge in [-0.2, -0.15) is 0 Å². The molecule has 1 amide bonds. The van der Waals surface area contributed by atoms with Gasteiger partial charge in [0, 0.05) is 32.4 Å². The van der Waals surface area contributed by atoms with Crippen molar-refractivity contribution in [2.75, 3.05) is 25.5 Å². The first-order valence-electron chi connectivity index (χ1n) is 10.4. The fourth-order valence-electron chi connectivity index (χ4n) is 3.94. The quantitative estimate of drug-likeness (QED) is 0.622. The van der Waals surface area contributed by atoms with Gasteiger partial charge in [-0.05, 0) is 45.2 Å². The molecule has 31 heavy (non-hydrogen) atoms. The minimum Gasteiger partial charge on any atom is -0.356 e. The van der Waals surface area contributed by atoms with Crippen LogP contribution in [-0.2, 0) is 0 Å². The number of likely N-dealkylation sites (tertiary alicyclic amines) is 1. The number of benzene rings is 1. The van der Waals surface area contributed by atoms with Crippen molar-refractivity contribution in [3.05, 3.63) is 58.8 Å². The predicted molar refractivity (Wildman–Crippen MR) is 115 cm³/mol. The molecule has 1 fully saturated rings. The SMILES string of the molecule is Cc1noc(-c2cnc(N(C)C)nc2[C@H]2CCCCN2C(=O)c2ccccc2F)c1C. The van der Waals surface area contributed by atoms with E-state index in [0.29, 0.717) is 29.5 Å². The third-order valence-corrected chi connectivity index (χ3v) is 5.79. The van der Waals surface area contributed by atoms with E-state index in [0.717, 1.165) is 30.5 Å². The fraction of sp³-hybridized carbons (Fsp3) is 0.391. The number of carbonyl (C=O) groups is 1. The molecule has 0 bridgehead atoms. The summed E-state index contributed by atoms with van der Waals surface area (Å²) in [7, 11) is 3.73. The van der Waals surface area contributed by atoms with Crippen LogP contribution in [0.4, 0.5) is 10.3 Å². The van der Waals surface area contributed by atoms with E-state index in [9.17, 15) is 9.18 Å². The molecule has 0 saturated carbocycles. The molecule has 3 aromatic rings. The molecule has 8 heteroatoms. The molecule has 1 aromatic carbocycles. The zero-order chi connectivity index (χ0) is 22.1. The lowest BCUT2D eigenvalue weighted by atomic mass is 9.94. The number of aryl methyl sites for hydroxylation is 1. The Morgan fingerprint density at radius 2 is 2.00 bits per heavy atom. The largest absolute Gasteiger partial charge is 0.356 e. The van der Waals surface area contributed by atoms with Gasteiger partial charge in [0.25, 0.3) is 5.91 Å². The maximum atomic E-state index is 14.4. The Morgan fingerprint density at radius 1 is 1.23 bits per heavy atom. The normalized spacial score (nSPS) is 16.4. The third-order valence-electron chi connectivity index (χ3n) is 5.79. The second-order valence-corrected chi connectivity index (χ2v) is 8.08. The van der Waals surface area contributed by atoms with Gasteiger partial charge in [0.1, 0.15) is 5.82 Å². The lowest BCUT2D eigenvalue weighted by Crippen LogP contribution is -2.39. The Labute approximate surface area is 180 Å². The van der Waals surface area contributed by atoms with Crippen LogP contribution in [0, 0.1) is 19.7 Å². The molecule has 1 aliphatic rings. The highest BCUT2D eigenvalue weighted by atomic mass is 19.1. The summed E-state index contributed by atoms with van der Waals surface area (Å²) in [5.41, 5.74) is 3.18. The molecule has 1 aliphatic heterocycles. The van der Waals surface area contributed by atoms with Crippen molar-refractivity contribution < 1.29 is 13.7 Å². The van der Waals surface area contributed by atoms with Gasteiger partial charge >= 0.3 is 0 Å². The summed E-state index contributed by atoms with van der Waals surface area (Å²) in [5, 5.41) is 4.08. The third kappa shape index (κ3) is 3.89. The van der Waals surface area contributed by atoms with Gasteiger partial charge < -0.3 is 14.3 Å². The zero-order valence-corrected chi connectivity index (χ0v) is 18.2. The van der Waals surface area contributed by atoms with Crippen molar-refractivity contribution in [1.82, 2.24) is 20.0 Å². The molecule has 0 spiro atoms. The molecule has 7 nitrogen and oxygen atoms in total. The summed E-state index contributed by atoms with van der Waals surface area (Å²) in [4.78, 5) is 26.2. The number of nitrogens with zero attached hydrogens (tertiary/aromatic N) is 5. The minimum absolute atomic E-state index is 0.0736. The number of anilines is 1. The van der Waals surface area contributed by atoms with Gasteiger partial charge in [0.2, 0.25) is 5.95 Å². The highest BCUT2D eigenvalue weighted by molar-refractivity contribution is 5.95. The lowest BCUT2D eigenvalue weighted by molar-refractivity contribution is 0.0601. The van der Waals surface area contributed by atoms with Crippen LogP contribution < -0.4 is 4.90 Å². The van der Waals surface area contributed by atoms with Gasteiger partial charge in [-0.1, -0.05) is 17.3 Å². The van der Waals surface area contributed by atoms with Gasteiger partial charge in [-0.3, -0.25) is 4.79 Å². The number of hydrogen-bond acceptors (Lipinski definition) is 6. The van der Waals surface area contributed by atoms with E-state index in [1.54, 1.807) is 23.2 Å². The monoisotopic (exact) mass is 423 g/mol. The molecule has 0 unspecified atom stereocenters. The number of amides is 1.